The van der Waals surface area contributed by atoms with Gasteiger partial charge in [-0.2, -0.15) is 0 Å². The number of ether oxygens (including phenoxy) is 1. The van der Waals surface area contributed by atoms with E-state index >= 15 is 0 Å². The van der Waals surface area contributed by atoms with Crippen molar-refractivity contribution in [2.75, 3.05) is 6.54 Å². The molecule has 2 heterocycles. The lowest BCUT2D eigenvalue weighted by Crippen LogP contribution is -2.38. The summed E-state index contributed by atoms with van der Waals surface area (Å²) in [7, 11) is 0. The van der Waals surface area contributed by atoms with Crippen molar-refractivity contribution in [3.05, 3.63) is 59.9 Å². The van der Waals surface area contributed by atoms with E-state index in [0.717, 1.165) is 11.3 Å². The fraction of sp³-hybridized carbons (Fsp3) is 0.294. The van der Waals surface area contributed by atoms with Crippen LogP contribution in [0, 0.1) is 0 Å². The van der Waals surface area contributed by atoms with E-state index in [1.165, 1.54) is 0 Å². The molecule has 0 saturated heterocycles. The first-order chi connectivity index (χ1) is 10.6. The number of carboxylic acids is 1. The minimum Gasteiger partial charge on any atom is -0.489 e. The molecule has 2 unspecified atom stereocenters. The highest BCUT2D eigenvalue weighted by molar-refractivity contribution is 5.75. The molecule has 1 aliphatic rings. The normalized spacial score (nSPS) is 19.6. The summed E-state index contributed by atoms with van der Waals surface area (Å²) in [5, 5.41) is 9.69. The summed E-state index contributed by atoms with van der Waals surface area (Å²) in [6.07, 6.45) is 3.18. The van der Waals surface area contributed by atoms with Gasteiger partial charge in [-0.25, -0.2) is 0 Å². The average molecular weight is 298 g/mol. The maximum absolute atomic E-state index is 11.8. The Labute approximate surface area is 129 Å². The molecule has 0 aliphatic carbocycles. The molecule has 0 bridgehead atoms. The number of hydrogen-bond acceptors (Lipinski definition) is 4. The molecule has 22 heavy (non-hydrogen) atoms. The largest absolute Gasteiger partial charge is 0.489 e. The average Bonchev–Trinajstić information content (AvgIpc) is 2.65. The maximum atomic E-state index is 11.8. The molecule has 5 nitrogen and oxygen atoms in total. The number of benzene rings is 1. The van der Waals surface area contributed by atoms with Crippen LogP contribution in [0.5, 0.6) is 5.75 Å². The zero-order valence-corrected chi connectivity index (χ0v) is 12.3. The number of aliphatic carboxylic acids is 1. The number of carbonyl (C=O) groups is 1. The maximum Gasteiger partial charge on any atom is 0.325 e. The number of rotatable bonds is 3. The Balaban J connectivity index is 1.96. The zero-order chi connectivity index (χ0) is 15.5. The van der Waals surface area contributed by atoms with Gasteiger partial charge in [0, 0.05) is 31.0 Å². The van der Waals surface area contributed by atoms with Crippen LogP contribution >= 0.6 is 0 Å². The van der Waals surface area contributed by atoms with Crippen LogP contribution in [0.25, 0.3) is 0 Å². The van der Waals surface area contributed by atoms with E-state index < -0.39 is 12.0 Å². The summed E-state index contributed by atoms with van der Waals surface area (Å²) in [4.78, 5) is 17.8. The van der Waals surface area contributed by atoms with Gasteiger partial charge in [-0.15, -0.1) is 0 Å². The van der Waals surface area contributed by atoms with Crippen LogP contribution in [0.2, 0.25) is 0 Å². The minimum atomic E-state index is -0.875. The van der Waals surface area contributed by atoms with E-state index in [9.17, 15) is 9.90 Å². The Hall–Kier alpha value is -2.40. The van der Waals surface area contributed by atoms with E-state index in [2.05, 4.69) is 4.98 Å². The predicted octanol–water partition coefficient (Wildman–Crippen LogP) is 2.49. The van der Waals surface area contributed by atoms with Crippen molar-refractivity contribution in [1.82, 2.24) is 9.88 Å². The Morgan fingerprint density at radius 1 is 1.36 bits per heavy atom. The van der Waals surface area contributed by atoms with Crippen LogP contribution in [0.1, 0.15) is 24.1 Å². The van der Waals surface area contributed by atoms with Crippen molar-refractivity contribution in [2.24, 2.45) is 0 Å². The third-order valence-corrected chi connectivity index (χ3v) is 3.77. The molecule has 1 N–H and O–H groups in total. The number of pyridine rings is 1. The summed E-state index contributed by atoms with van der Waals surface area (Å²) in [6, 6.07) is 10.6. The van der Waals surface area contributed by atoms with E-state index in [1.807, 2.05) is 36.1 Å². The molecular weight excluding hydrogens is 280 g/mol. The van der Waals surface area contributed by atoms with E-state index in [-0.39, 0.29) is 6.10 Å². The van der Waals surface area contributed by atoms with Gasteiger partial charge in [0.1, 0.15) is 17.9 Å². The van der Waals surface area contributed by atoms with Gasteiger partial charge < -0.3 is 9.84 Å². The SMILES string of the molecule is CC1CN(C(C(=O)O)c2cccnc2)Cc2ccccc2O1. The highest BCUT2D eigenvalue weighted by atomic mass is 16.5. The highest BCUT2D eigenvalue weighted by Gasteiger charge is 2.31. The first kappa shape index (κ1) is 14.5. The van der Waals surface area contributed by atoms with Gasteiger partial charge in [-0.3, -0.25) is 14.7 Å². The van der Waals surface area contributed by atoms with E-state index in [0.29, 0.717) is 18.7 Å². The molecule has 0 saturated carbocycles. The zero-order valence-electron chi connectivity index (χ0n) is 12.3. The highest BCUT2D eigenvalue weighted by Crippen LogP contribution is 2.30. The van der Waals surface area contributed by atoms with Gasteiger partial charge >= 0.3 is 5.97 Å². The van der Waals surface area contributed by atoms with Crippen molar-refractivity contribution < 1.29 is 14.6 Å². The third kappa shape index (κ3) is 2.94. The summed E-state index contributed by atoms with van der Waals surface area (Å²) < 4.78 is 5.90. The number of nitrogens with zero attached hydrogens (tertiary/aromatic N) is 2. The van der Waals surface area contributed by atoms with E-state index in [4.69, 9.17) is 4.74 Å². The standard InChI is InChI=1S/C17H18N2O3/c1-12-10-19(11-14-5-2-3-7-15(14)22-12)16(17(20)21)13-6-4-8-18-9-13/h2-9,12,16H,10-11H2,1H3,(H,20,21). The monoisotopic (exact) mass is 298 g/mol. The van der Waals surface area contributed by atoms with Crippen molar-refractivity contribution in [2.45, 2.75) is 25.6 Å². The predicted molar refractivity (Wildman–Crippen MR) is 81.6 cm³/mol. The van der Waals surface area contributed by atoms with Crippen molar-refractivity contribution in [1.29, 1.82) is 0 Å². The summed E-state index contributed by atoms with van der Waals surface area (Å²) in [5.74, 6) is -0.0487. The Morgan fingerprint density at radius 2 is 2.18 bits per heavy atom. The van der Waals surface area contributed by atoms with Crippen molar-refractivity contribution >= 4 is 5.97 Å². The first-order valence-electron chi connectivity index (χ1n) is 7.26. The molecule has 3 rings (SSSR count). The van der Waals surface area contributed by atoms with Crippen molar-refractivity contribution in [3.63, 3.8) is 0 Å². The number of hydrogen-bond donors (Lipinski definition) is 1. The van der Waals surface area contributed by atoms with Crippen LogP contribution in [-0.4, -0.2) is 33.6 Å². The second kappa shape index (κ2) is 6.15. The smallest absolute Gasteiger partial charge is 0.325 e. The van der Waals surface area contributed by atoms with Crippen LogP contribution in [0.3, 0.4) is 0 Å². The van der Waals surface area contributed by atoms with E-state index in [1.54, 1.807) is 24.5 Å². The van der Waals surface area contributed by atoms with Crippen LogP contribution in [0.15, 0.2) is 48.8 Å². The molecule has 0 radical (unpaired) electrons. The molecular formula is C17H18N2O3. The van der Waals surface area contributed by atoms with Gasteiger partial charge in [0.05, 0.1) is 0 Å². The Morgan fingerprint density at radius 3 is 2.91 bits per heavy atom. The second-order valence-corrected chi connectivity index (χ2v) is 5.49. The number of aromatic nitrogens is 1. The summed E-state index contributed by atoms with van der Waals surface area (Å²) in [5.41, 5.74) is 1.68. The Kier molecular flexibility index (Phi) is 4.06. The topological polar surface area (TPSA) is 62.7 Å². The fourth-order valence-corrected chi connectivity index (χ4v) is 2.86. The Bertz CT molecular complexity index is 660. The molecule has 1 aromatic carbocycles. The van der Waals surface area contributed by atoms with Crippen LogP contribution in [0.4, 0.5) is 0 Å². The summed E-state index contributed by atoms with van der Waals surface area (Å²) >= 11 is 0. The van der Waals surface area contributed by atoms with Gasteiger partial charge in [-0.1, -0.05) is 24.3 Å². The van der Waals surface area contributed by atoms with Gasteiger partial charge in [-0.05, 0) is 24.6 Å². The summed E-state index contributed by atoms with van der Waals surface area (Å²) in [6.45, 7) is 3.03. The molecule has 1 aliphatic heterocycles. The molecule has 2 atom stereocenters. The van der Waals surface area contributed by atoms with Gasteiger partial charge in [0.15, 0.2) is 0 Å². The minimum absolute atomic E-state index is 0.0813. The number of para-hydroxylation sites is 1. The number of carboxylic acid groups (broad SMARTS) is 1. The van der Waals surface area contributed by atoms with Gasteiger partial charge in [0.2, 0.25) is 0 Å². The third-order valence-electron chi connectivity index (χ3n) is 3.77. The molecule has 0 amide bonds. The second-order valence-electron chi connectivity index (χ2n) is 5.49. The molecule has 0 fully saturated rings. The molecule has 114 valence electrons. The molecule has 0 spiro atoms. The van der Waals surface area contributed by atoms with Crippen molar-refractivity contribution in [3.8, 4) is 5.75 Å². The molecule has 1 aromatic heterocycles. The lowest BCUT2D eigenvalue weighted by atomic mass is 10.1. The van der Waals surface area contributed by atoms with Crippen LogP contribution in [-0.2, 0) is 11.3 Å². The quantitative estimate of drug-likeness (QED) is 0.943. The lowest BCUT2D eigenvalue weighted by molar-refractivity contribution is -0.144. The fourth-order valence-electron chi connectivity index (χ4n) is 2.86. The number of fused-ring (bicyclic) bond motifs is 1. The first-order valence-corrected chi connectivity index (χ1v) is 7.26. The van der Waals surface area contributed by atoms with Gasteiger partial charge in [0.25, 0.3) is 0 Å². The molecule has 2 aromatic rings. The lowest BCUT2D eigenvalue weighted by Gasteiger charge is -2.28. The van der Waals surface area contributed by atoms with Crippen LogP contribution < -0.4 is 4.74 Å². The molecule has 5 heteroatoms.